The minimum atomic E-state index is -0.787. The van der Waals surface area contributed by atoms with Gasteiger partial charge >= 0.3 is 0 Å². The van der Waals surface area contributed by atoms with Gasteiger partial charge < -0.3 is 14.8 Å². The Morgan fingerprint density at radius 3 is 2.24 bits per heavy atom. The zero-order valence-electron chi connectivity index (χ0n) is 20.4. The Balaban J connectivity index is 1.65. The van der Waals surface area contributed by atoms with Crippen LogP contribution in [0.25, 0.3) is 0 Å². The SMILES string of the molecule is COc1cc(/C=N/NC(=O)C(NC(=O)c2ccc(Cl)cc2)C(C)C)cc(Br)c1OCc1ccc(Cl)cc1. The van der Waals surface area contributed by atoms with Crippen LogP contribution in [0.1, 0.15) is 35.3 Å². The smallest absolute Gasteiger partial charge is 0.262 e. The minimum Gasteiger partial charge on any atom is -0.493 e. The van der Waals surface area contributed by atoms with Gasteiger partial charge in [-0.2, -0.15) is 5.10 Å². The molecule has 0 fully saturated rings. The quantitative estimate of drug-likeness (QED) is 0.211. The van der Waals surface area contributed by atoms with Gasteiger partial charge in [-0.25, -0.2) is 5.43 Å². The molecule has 10 heteroatoms. The monoisotopic (exact) mass is 605 g/mol. The van der Waals surface area contributed by atoms with Crippen LogP contribution in [0, 0.1) is 5.92 Å². The van der Waals surface area contributed by atoms with Gasteiger partial charge in [0.15, 0.2) is 11.5 Å². The summed E-state index contributed by atoms with van der Waals surface area (Å²) in [5.74, 6) is 0.0347. The summed E-state index contributed by atoms with van der Waals surface area (Å²) < 4.78 is 12.1. The summed E-state index contributed by atoms with van der Waals surface area (Å²) in [5, 5.41) is 7.98. The van der Waals surface area contributed by atoms with Gasteiger partial charge in [-0.3, -0.25) is 9.59 Å². The van der Waals surface area contributed by atoms with Crippen molar-refractivity contribution in [2.24, 2.45) is 11.0 Å². The number of hydrazone groups is 1. The highest BCUT2D eigenvalue weighted by molar-refractivity contribution is 9.10. The summed E-state index contributed by atoms with van der Waals surface area (Å²) >= 11 is 15.3. The lowest BCUT2D eigenvalue weighted by Gasteiger charge is -2.20. The molecule has 0 heterocycles. The summed E-state index contributed by atoms with van der Waals surface area (Å²) in [6, 6.07) is 16.5. The lowest BCUT2D eigenvalue weighted by atomic mass is 10.0. The van der Waals surface area contributed by atoms with Crippen LogP contribution in [0.3, 0.4) is 0 Å². The Hall–Kier alpha value is -3.07. The minimum absolute atomic E-state index is 0.169. The highest BCUT2D eigenvalue weighted by atomic mass is 79.9. The summed E-state index contributed by atoms with van der Waals surface area (Å²) in [4.78, 5) is 25.3. The number of carbonyl (C=O) groups is 2. The van der Waals surface area contributed by atoms with Crippen LogP contribution in [0.15, 0.2) is 70.2 Å². The molecular weight excluding hydrogens is 581 g/mol. The molecule has 1 unspecified atom stereocenters. The molecule has 0 saturated heterocycles. The fraction of sp³-hybridized carbons (Fsp3) is 0.222. The molecule has 194 valence electrons. The molecule has 0 aromatic heterocycles. The molecule has 0 aliphatic rings. The zero-order chi connectivity index (χ0) is 26.9. The second-order valence-electron chi connectivity index (χ2n) is 8.39. The van der Waals surface area contributed by atoms with Gasteiger partial charge in [0.1, 0.15) is 12.6 Å². The largest absolute Gasteiger partial charge is 0.493 e. The van der Waals surface area contributed by atoms with Crippen molar-refractivity contribution in [1.82, 2.24) is 10.7 Å². The van der Waals surface area contributed by atoms with Crippen LogP contribution in [0.5, 0.6) is 11.5 Å². The van der Waals surface area contributed by atoms with Crippen molar-refractivity contribution >= 4 is 57.2 Å². The van der Waals surface area contributed by atoms with E-state index in [-0.39, 0.29) is 11.8 Å². The van der Waals surface area contributed by atoms with E-state index in [1.165, 1.54) is 13.3 Å². The van der Waals surface area contributed by atoms with E-state index in [1.54, 1.807) is 48.5 Å². The number of hydrogen-bond acceptors (Lipinski definition) is 5. The molecular formula is C27H26BrCl2N3O4. The second kappa shape index (κ2) is 13.5. The highest BCUT2D eigenvalue weighted by Gasteiger charge is 2.24. The number of ether oxygens (including phenoxy) is 2. The molecule has 7 nitrogen and oxygen atoms in total. The van der Waals surface area contributed by atoms with Gasteiger partial charge in [-0.15, -0.1) is 0 Å². The van der Waals surface area contributed by atoms with Crippen LogP contribution >= 0.6 is 39.1 Å². The number of hydrogen-bond donors (Lipinski definition) is 2. The van der Waals surface area contributed by atoms with E-state index in [1.807, 2.05) is 26.0 Å². The fourth-order valence-electron chi connectivity index (χ4n) is 3.29. The van der Waals surface area contributed by atoms with E-state index in [0.29, 0.717) is 43.8 Å². The Bertz CT molecular complexity index is 1270. The molecule has 0 radical (unpaired) electrons. The topological polar surface area (TPSA) is 89.0 Å². The summed E-state index contributed by atoms with van der Waals surface area (Å²) in [6.45, 7) is 4.00. The van der Waals surface area contributed by atoms with Crippen molar-refractivity contribution in [2.45, 2.75) is 26.5 Å². The van der Waals surface area contributed by atoms with Crippen molar-refractivity contribution in [3.8, 4) is 11.5 Å². The predicted octanol–water partition coefficient (Wildman–Crippen LogP) is 6.25. The maximum absolute atomic E-state index is 12.8. The van der Waals surface area contributed by atoms with Crippen LogP contribution < -0.4 is 20.2 Å². The van der Waals surface area contributed by atoms with Crippen molar-refractivity contribution < 1.29 is 19.1 Å². The van der Waals surface area contributed by atoms with Gasteiger partial charge in [0.05, 0.1) is 17.8 Å². The average Bonchev–Trinajstić information content (AvgIpc) is 2.87. The molecule has 0 spiro atoms. The van der Waals surface area contributed by atoms with Crippen LogP contribution in [0.4, 0.5) is 0 Å². The number of carbonyl (C=O) groups excluding carboxylic acids is 2. The van der Waals surface area contributed by atoms with Crippen LogP contribution in [-0.4, -0.2) is 31.2 Å². The van der Waals surface area contributed by atoms with E-state index in [2.05, 4.69) is 31.8 Å². The van der Waals surface area contributed by atoms with Crippen LogP contribution in [-0.2, 0) is 11.4 Å². The van der Waals surface area contributed by atoms with Gasteiger partial charge in [0.2, 0.25) is 0 Å². The number of nitrogens with one attached hydrogen (secondary N) is 2. The summed E-state index contributed by atoms with van der Waals surface area (Å²) in [7, 11) is 1.54. The number of benzene rings is 3. The second-order valence-corrected chi connectivity index (χ2v) is 10.1. The molecule has 2 amide bonds. The molecule has 0 aliphatic carbocycles. The first-order valence-electron chi connectivity index (χ1n) is 11.3. The maximum atomic E-state index is 12.8. The number of halogens is 3. The molecule has 0 saturated carbocycles. The van der Waals surface area contributed by atoms with Crippen molar-refractivity contribution in [3.63, 3.8) is 0 Å². The third-order valence-electron chi connectivity index (χ3n) is 5.28. The normalized spacial score (nSPS) is 11.9. The Morgan fingerprint density at radius 1 is 1.03 bits per heavy atom. The highest BCUT2D eigenvalue weighted by Crippen LogP contribution is 2.37. The van der Waals surface area contributed by atoms with E-state index in [4.69, 9.17) is 32.7 Å². The summed E-state index contributed by atoms with van der Waals surface area (Å²) in [5.41, 5.74) is 4.52. The summed E-state index contributed by atoms with van der Waals surface area (Å²) in [6.07, 6.45) is 1.48. The van der Waals surface area contributed by atoms with Crippen molar-refractivity contribution in [2.75, 3.05) is 7.11 Å². The van der Waals surface area contributed by atoms with E-state index >= 15 is 0 Å². The molecule has 2 N–H and O–H groups in total. The Labute approximate surface area is 234 Å². The van der Waals surface area contributed by atoms with Gasteiger partial charge in [-0.05, 0) is 81.5 Å². The van der Waals surface area contributed by atoms with E-state index < -0.39 is 11.9 Å². The number of nitrogens with zero attached hydrogens (tertiary/aromatic N) is 1. The molecule has 37 heavy (non-hydrogen) atoms. The molecule has 3 rings (SSSR count). The first kappa shape index (κ1) is 28.5. The van der Waals surface area contributed by atoms with Crippen LogP contribution in [0.2, 0.25) is 10.0 Å². The Kier molecular flexibility index (Phi) is 10.4. The van der Waals surface area contributed by atoms with Crippen molar-refractivity contribution in [1.29, 1.82) is 0 Å². The number of amides is 2. The van der Waals surface area contributed by atoms with Gasteiger partial charge in [0, 0.05) is 15.6 Å². The molecule has 3 aromatic carbocycles. The van der Waals surface area contributed by atoms with Gasteiger partial charge in [-0.1, -0.05) is 49.2 Å². The number of rotatable bonds is 10. The number of methoxy groups -OCH3 is 1. The molecule has 3 aromatic rings. The fourth-order valence-corrected chi connectivity index (χ4v) is 4.12. The maximum Gasteiger partial charge on any atom is 0.262 e. The first-order chi connectivity index (χ1) is 17.7. The van der Waals surface area contributed by atoms with E-state index in [9.17, 15) is 9.59 Å². The third-order valence-corrected chi connectivity index (χ3v) is 6.37. The lowest BCUT2D eigenvalue weighted by molar-refractivity contribution is -0.123. The molecule has 0 aliphatic heterocycles. The molecule has 1 atom stereocenters. The lowest BCUT2D eigenvalue weighted by Crippen LogP contribution is -2.48. The van der Waals surface area contributed by atoms with Crippen molar-refractivity contribution in [3.05, 3.63) is 91.9 Å². The van der Waals surface area contributed by atoms with E-state index in [0.717, 1.165) is 5.56 Å². The van der Waals surface area contributed by atoms with Gasteiger partial charge in [0.25, 0.3) is 11.8 Å². The first-order valence-corrected chi connectivity index (χ1v) is 12.9. The zero-order valence-corrected chi connectivity index (χ0v) is 23.5. The molecule has 0 bridgehead atoms. The Morgan fingerprint density at radius 2 is 1.65 bits per heavy atom. The predicted molar refractivity (Wildman–Crippen MR) is 150 cm³/mol. The average molecular weight is 607 g/mol. The standard InChI is InChI=1S/C27H26BrCl2N3O4/c1-16(2)24(32-26(34)19-6-10-21(30)11-7-19)27(35)33-31-14-18-12-22(28)25(23(13-18)36-3)37-15-17-4-8-20(29)9-5-17/h4-14,16,24H,15H2,1-3H3,(H,32,34)(H,33,35)/b31-14+. The third kappa shape index (κ3) is 8.21.